The first kappa shape index (κ1) is 14.5. The number of nitrogens with zero attached hydrogens (tertiary/aromatic N) is 1. The largest absolute Gasteiger partial charge is 0.462 e. The molecule has 0 aliphatic carbocycles. The van der Waals surface area contributed by atoms with Gasteiger partial charge < -0.3 is 10.5 Å². The molecular formula is C13H15BrN2O2. The van der Waals surface area contributed by atoms with Gasteiger partial charge in [0.05, 0.1) is 18.2 Å². The number of nitrogen functional groups attached to an aromatic ring is 1. The number of hydrogen-bond acceptors (Lipinski definition) is 4. The fourth-order valence-electron chi connectivity index (χ4n) is 1.46. The van der Waals surface area contributed by atoms with Crippen molar-refractivity contribution < 1.29 is 9.53 Å². The summed E-state index contributed by atoms with van der Waals surface area (Å²) < 4.78 is 5.89. The molecule has 0 aliphatic heterocycles. The van der Waals surface area contributed by atoms with Crippen LogP contribution in [-0.4, -0.2) is 12.6 Å². The first-order valence-corrected chi connectivity index (χ1v) is 6.45. The van der Waals surface area contributed by atoms with Crippen LogP contribution in [0.4, 0.5) is 5.69 Å². The number of carbonyl (C=O) groups excluding carboxylic acids is 1. The van der Waals surface area contributed by atoms with Gasteiger partial charge in [-0.1, -0.05) is 15.9 Å². The van der Waals surface area contributed by atoms with Gasteiger partial charge in [0.1, 0.15) is 0 Å². The maximum absolute atomic E-state index is 11.8. The van der Waals surface area contributed by atoms with E-state index < -0.39 is 0 Å². The van der Waals surface area contributed by atoms with Gasteiger partial charge in [-0.05, 0) is 37.5 Å². The van der Waals surface area contributed by atoms with Gasteiger partial charge in [0, 0.05) is 16.6 Å². The van der Waals surface area contributed by atoms with Crippen molar-refractivity contribution in [1.29, 1.82) is 5.26 Å². The van der Waals surface area contributed by atoms with E-state index in [-0.39, 0.29) is 5.97 Å². The Labute approximate surface area is 115 Å². The first-order chi connectivity index (χ1) is 8.56. The summed E-state index contributed by atoms with van der Waals surface area (Å²) in [5, 5.41) is 8.37. The fraction of sp³-hybridized carbons (Fsp3) is 0.385. The lowest BCUT2D eigenvalue weighted by atomic mass is 10.1. The van der Waals surface area contributed by atoms with E-state index in [1.54, 1.807) is 19.1 Å². The SMILES string of the molecule is Cc1c(N)cc(Br)cc1C(=O)OCCCCC#N. The molecule has 0 bridgehead atoms. The number of unbranched alkanes of at least 4 members (excludes halogenated alkanes) is 2. The molecule has 0 heterocycles. The Kier molecular flexibility index (Phi) is 5.66. The number of carbonyl (C=O) groups is 1. The fourth-order valence-corrected chi connectivity index (χ4v) is 1.94. The highest BCUT2D eigenvalue weighted by Crippen LogP contribution is 2.23. The van der Waals surface area contributed by atoms with Crippen molar-refractivity contribution in [2.45, 2.75) is 26.2 Å². The standard InChI is InChI=1S/C13H15BrN2O2/c1-9-11(7-10(14)8-12(9)16)13(17)18-6-4-2-3-5-15/h7-8H,2-4,6,16H2,1H3. The van der Waals surface area contributed by atoms with Crippen LogP contribution in [0, 0.1) is 18.3 Å². The molecule has 1 aromatic rings. The molecule has 1 rings (SSSR count). The molecule has 18 heavy (non-hydrogen) atoms. The topological polar surface area (TPSA) is 76.1 Å². The van der Waals surface area contributed by atoms with E-state index >= 15 is 0 Å². The molecule has 2 N–H and O–H groups in total. The van der Waals surface area contributed by atoms with Gasteiger partial charge in [-0.15, -0.1) is 0 Å². The minimum Gasteiger partial charge on any atom is -0.462 e. The summed E-state index contributed by atoms with van der Waals surface area (Å²) in [6.45, 7) is 2.11. The molecule has 4 nitrogen and oxygen atoms in total. The summed E-state index contributed by atoms with van der Waals surface area (Å²) in [5.74, 6) is -0.377. The normalized spacial score (nSPS) is 9.83. The van der Waals surface area contributed by atoms with Crippen LogP contribution in [0.1, 0.15) is 35.2 Å². The van der Waals surface area contributed by atoms with Gasteiger partial charge in [0.2, 0.25) is 0 Å². The highest BCUT2D eigenvalue weighted by Gasteiger charge is 2.13. The van der Waals surface area contributed by atoms with Crippen LogP contribution >= 0.6 is 15.9 Å². The van der Waals surface area contributed by atoms with Crippen LogP contribution in [0.5, 0.6) is 0 Å². The Morgan fingerprint density at radius 3 is 2.89 bits per heavy atom. The van der Waals surface area contributed by atoms with E-state index in [2.05, 4.69) is 15.9 Å². The molecule has 0 amide bonds. The van der Waals surface area contributed by atoms with Crippen LogP contribution in [0.3, 0.4) is 0 Å². The molecule has 0 unspecified atom stereocenters. The lowest BCUT2D eigenvalue weighted by Crippen LogP contribution is -2.09. The number of esters is 1. The van der Waals surface area contributed by atoms with Crippen LogP contribution in [-0.2, 0) is 4.74 Å². The quantitative estimate of drug-likeness (QED) is 0.515. The highest BCUT2D eigenvalue weighted by atomic mass is 79.9. The molecule has 0 saturated heterocycles. The predicted octanol–water partition coefficient (Wildman–Crippen LogP) is 3.19. The van der Waals surface area contributed by atoms with Crippen molar-refractivity contribution in [3.8, 4) is 6.07 Å². The van der Waals surface area contributed by atoms with E-state index in [0.717, 1.165) is 16.5 Å². The lowest BCUT2D eigenvalue weighted by Gasteiger charge is -2.09. The zero-order valence-corrected chi connectivity index (χ0v) is 11.8. The molecule has 0 atom stereocenters. The van der Waals surface area contributed by atoms with E-state index in [0.29, 0.717) is 30.7 Å². The molecule has 1 aromatic carbocycles. The average Bonchev–Trinajstić information content (AvgIpc) is 2.33. The monoisotopic (exact) mass is 310 g/mol. The van der Waals surface area contributed by atoms with Gasteiger partial charge in [-0.2, -0.15) is 5.26 Å². The summed E-state index contributed by atoms with van der Waals surface area (Å²) in [6.07, 6.45) is 1.92. The van der Waals surface area contributed by atoms with Crippen molar-refractivity contribution in [3.05, 3.63) is 27.7 Å². The molecular weight excluding hydrogens is 296 g/mol. The Balaban J connectivity index is 2.60. The number of rotatable bonds is 5. The molecule has 0 fully saturated rings. The van der Waals surface area contributed by atoms with E-state index in [1.807, 2.05) is 6.07 Å². The predicted molar refractivity (Wildman–Crippen MR) is 73.0 cm³/mol. The third kappa shape index (κ3) is 4.04. The van der Waals surface area contributed by atoms with Crippen LogP contribution in [0.2, 0.25) is 0 Å². The van der Waals surface area contributed by atoms with Crippen LogP contribution in [0.25, 0.3) is 0 Å². The summed E-state index contributed by atoms with van der Waals surface area (Å²) in [4.78, 5) is 11.8. The second-order valence-corrected chi connectivity index (χ2v) is 4.83. The minimum absolute atomic E-state index is 0.326. The summed E-state index contributed by atoms with van der Waals surface area (Å²) in [6, 6.07) is 5.50. The number of halogens is 1. The Bertz CT molecular complexity index is 481. The molecule has 96 valence electrons. The second kappa shape index (κ2) is 7.02. The van der Waals surface area contributed by atoms with E-state index in [1.165, 1.54) is 0 Å². The van der Waals surface area contributed by atoms with Gasteiger partial charge in [-0.25, -0.2) is 4.79 Å². The van der Waals surface area contributed by atoms with E-state index in [9.17, 15) is 4.79 Å². The molecule has 0 aromatic heterocycles. The van der Waals surface area contributed by atoms with Crippen LogP contribution in [0.15, 0.2) is 16.6 Å². The zero-order valence-electron chi connectivity index (χ0n) is 10.2. The average molecular weight is 311 g/mol. The van der Waals surface area contributed by atoms with Crippen LogP contribution < -0.4 is 5.73 Å². The van der Waals surface area contributed by atoms with Crippen molar-refractivity contribution in [2.75, 3.05) is 12.3 Å². The van der Waals surface area contributed by atoms with Crippen molar-refractivity contribution in [3.63, 3.8) is 0 Å². The zero-order chi connectivity index (χ0) is 13.5. The Hall–Kier alpha value is -1.54. The van der Waals surface area contributed by atoms with Gasteiger partial charge in [-0.3, -0.25) is 0 Å². The number of hydrogen-bond donors (Lipinski definition) is 1. The maximum atomic E-state index is 11.8. The molecule has 5 heteroatoms. The van der Waals surface area contributed by atoms with Crippen molar-refractivity contribution >= 4 is 27.6 Å². The summed E-state index contributed by atoms with van der Waals surface area (Å²) in [5.41, 5.74) is 7.53. The number of ether oxygens (including phenoxy) is 1. The van der Waals surface area contributed by atoms with Gasteiger partial charge in [0.15, 0.2) is 0 Å². The molecule has 0 aliphatic rings. The number of benzene rings is 1. The first-order valence-electron chi connectivity index (χ1n) is 5.66. The Morgan fingerprint density at radius 1 is 1.50 bits per heavy atom. The maximum Gasteiger partial charge on any atom is 0.338 e. The third-order valence-corrected chi connectivity index (χ3v) is 3.01. The molecule has 0 spiro atoms. The second-order valence-electron chi connectivity index (χ2n) is 3.92. The van der Waals surface area contributed by atoms with Crippen molar-refractivity contribution in [2.24, 2.45) is 0 Å². The summed E-state index contributed by atoms with van der Waals surface area (Å²) in [7, 11) is 0. The number of anilines is 1. The molecule has 0 saturated carbocycles. The lowest BCUT2D eigenvalue weighted by molar-refractivity contribution is 0.0498. The molecule has 0 radical (unpaired) electrons. The smallest absolute Gasteiger partial charge is 0.338 e. The van der Waals surface area contributed by atoms with Gasteiger partial charge >= 0.3 is 5.97 Å². The number of nitriles is 1. The third-order valence-electron chi connectivity index (χ3n) is 2.55. The minimum atomic E-state index is -0.377. The van der Waals surface area contributed by atoms with E-state index in [4.69, 9.17) is 15.7 Å². The van der Waals surface area contributed by atoms with Crippen molar-refractivity contribution in [1.82, 2.24) is 0 Å². The number of nitrogens with two attached hydrogens (primary N) is 1. The highest BCUT2D eigenvalue weighted by molar-refractivity contribution is 9.10. The van der Waals surface area contributed by atoms with Gasteiger partial charge in [0.25, 0.3) is 0 Å². The Morgan fingerprint density at radius 2 is 2.22 bits per heavy atom. The summed E-state index contributed by atoms with van der Waals surface area (Å²) >= 11 is 3.29.